The van der Waals surface area contributed by atoms with Crippen LogP contribution in [0.25, 0.3) is 22.3 Å². The van der Waals surface area contributed by atoms with Crippen molar-refractivity contribution in [1.29, 1.82) is 0 Å². The third kappa shape index (κ3) is 3.93. The maximum absolute atomic E-state index is 12.5. The van der Waals surface area contributed by atoms with Crippen molar-refractivity contribution < 1.29 is 13.2 Å². The number of hydrogen-bond donors (Lipinski definition) is 1. The average molecular weight is 348 g/mol. The minimum atomic E-state index is -4.36. The smallest absolute Gasteiger partial charge is 0.363 e. The van der Waals surface area contributed by atoms with Crippen molar-refractivity contribution in [2.75, 3.05) is 30.9 Å². The molecule has 3 rings (SSSR count). The van der Waals surface area contributed by atoms with E-state index in [9.17, 15) is 13.2 Å². The highest BCUT2D eigenvalue weighted by atomic mass is 19.4. The van der Waals surface area contributed by atoms with Gasteiger partial charge in [-0.2, -0.15) is 13.2 Å². The number of fused-ring (bicyclic) bond motifs is 1. The molecule has 25 heavy (non-hydrogen) atoms. The van der Waals surface area contributed by atoms with E-state index < -0.39 is 12.7 Å². The molecule has 0 unspecified atom stereocenters. The van der Waals surface area contributed by atoms with E-state index >= 15 is 0 Å². The Morgan fingerprint density at radius 2 is 1.84 bits per heavy atom. The zero-order valence-electron chi connectivity index (χ0n) is 13.5. The normalized spacial score (nSPS) is 11.6. The van der Waals surface area contributed by atoms with Crippen LogP contribution in [-0.2, 0) is 0 Å². The van der Waals surface area contributed by atoms with Crippen LogP contribution in [0.4, 0.5) is 24.8 Å². The minimum absolute atomic E-state index is 0.0367. The molecule has 0 bridgehead atoms. The van der Waals surface area contributed by atoms with E-state index in [2.05, 4.69) is 25.3 Å². The molecular formula is C16H15F3N6. The van der Waals surface area contributed by atoms with E-state index in [1.807, 2.05) is 19.0 Å². The largest absolute Gasteiger partial charge is 0.405 e. The van der Waals surface area contributed by atoms with Crippen LogP contribution in [0.2, 0.25) is 0 Å². The monoisotopic (exact) mass is 348 g/mol. The maximum Gasteiger partial charge on any atom is 0.405 e. The quantitative estimate of drug-likeness (QED) is 0.781. The van der Waals surface area contributed by atoms with Gasteiger partial charge in [0.1, 0.15) is 17.9 Å². The van der Waals surface area contributed by atoms with Gasteiger partial charge in [-0.1, -0.05) is 0 Å². The fourth-order valence-electron chi connectivity index (χ4n) is 2.23. The zero-order valence-corrected chi connectivity index (χ0v) is 13.5. The maximum atomic E-state index is 12.5. The van der Waals surface area contributed by atoms with Gasteiger partial charge in [0, 0.05) is 38.2 Å². The summed E-state index contributed by atoms with van der Waals surface area (Å²) in [6.45, 7) is -1.20. The molecule has 3 heterocycles. The molecule has 0 saturated heterocycles. The van der Waals surface area contributed by atoms with Gasteiger partial charge in [-0.05, 0) is 18.2 Å². The molecule has 0 aliphatic carbocycles. The summed E-state index contributed by atoms with van der Waals surface area (Å²) in [6, 6.07) is 5.29. The van der Waals surface area contributed by atoms with Crippen LogP contribution in [0.3, 0.4) is 0 Å². The van der Waals surface area contributed by atoms with Gasteiger partial charge >= 0.3 is 6.18 Å². The van der Waals surface area contributed by atoms with Gasteiger partial charge in [0.15, 0.2) is 5.82 Å². The molecule has 0 spiro atoms. The van der Waals surface area contributed by atoms with E-state index in [0.29, 0.717) is 16.8 Å². The summed E-state index contributed by atoms with van der Waals surface area (Å²) in [7, 11) is 3.73. The first-order valence-electron chi connectivity index (χ1n) is 7.39. The third-order valence-electron chi connectivity index (χ3n) is 3.41. The predicted molar refractivity (Wildman–Crippen MR) is 89.4 cm³/mol. The average Bonchev–Trinajstić information content (AvgIpc) is 2.59. The number of pyridine rings is 2. The first-order chi connectivity index (χ1) is 11.8. The van der Waals surface area contributed by atoms with Gasteiger partial charge < -0.3 is 10.2 Å². The molecule has 0 saturated carbocycles. The Morgan fingerprint density at radius 3 is 2.48 bits per heavy atom. The van der Waals surface area contributed by atoms with Gasteiger partial charge in [0.25, 0.3) is 0 Å². The summed E-state index contributed by atoms with van der Waals surface area (Å²) in [4.78, 5) is 18.7. The third-order valence-corrected chi connectivity index (χ3v) is 3.41. The van der Waals surface area contributed by atoms with Crippen LogP contribution in [-0.4, -0.2) is 46.8 Å². The van der Waals surface area contributed by atoms with E-state index in [0.717, 1.165) is 5.82 Å². The summed E-state index contributed by atoms with van der Waals surface area (Å²) in [5.74, 6) is 0.800. The second kappa shape index (κ2) is 6.50. The number of nitrogens with zero attached hydrogens (tertiary/aromatic N) is 5. The molecule has 0 aliphatic heterocycles. The molecule has 0 atom stereocenters. The molecule has 1 N–H and O–H groups in total. The minimum Gasteiger partial charge on any atom is -0.363 e. The van der Waals surface area contributed by atoms with Gasteiger partial charge in [-0.25, -0.2) is 15.0 Å². The number of hydrogen-bond acceptors (Lipinski definition) is 6. The number of rotatable bonds is 4. The molecule has 3 aromatic heterocycles. The Morgan fingerprint density at radius 1 is 1.08 bits per heavy atom. The Kier molecular flexibility index (Phi) is 4.39. The fraction of sp³-hybridized carbons (Fsp3) is 0.250. The van der Waals surface area contributed by atoms with Crippen LogP contribution in [0, 0.1) is 0 Å². The van der Waals surface area contributed by atoms with Crippen molar-refractivity contribution in [1.82, 2.24) is 19.9 Å². The first kappa shape index (κ1) is 16.9. The van der Waals surface area contributed by atoms with Gasteiger partial charge in [-0.3, -0.25) is 4.98 Å². The number of anilines is 2. The molecule has 0 radical (unpaired) electrons. The summed E-state index contributed by atoms with van der Waals surface area (Å²) in [5, 5.41) is 2.30. The molecule has 3 aromatic rings. The van der Waals surface area contributed by atoms with E-state index in [-0.39, 0.29) is 11.3 Å². The number of nitrogens with one attached hydrogen (secondary N) is 1. The molecule has 6 nitrogen and oxygen atoms in total. The molecule has 0 aliphatic rings. The van der Waals surface area contributed by atoms with E-state index in [1.54, 1.807) is 24.4 Å². The highest BCUT2D eigenvalue weighted by Crippen LogP contribution is 2.26. The Hall–Kier alpha value is -2.97. The lowest BCUT2D eigenvalue weighted by molar-refractivity contribution is -0.115. The lowest BCUT2D eigenvalue weighted by Gasteiger charge is -2.13. The van der Waals surface area contributed by atoms with Gasteiger partial charge in [0.05, 0.1) is 11.2 Å². The standard InChI is InChI=1S/C16H15F3N6/c1-25(2)13-4-3-10(8-22-13)11-7-12-14(21-6-5-20-12)15(24-11)23-9-16(17,18)19/h3-8H,9H2,1-2H3,(H,23,24). The van der Waals surface area contributed by atoms with E-state index in [4.69, 9.17) is 0 Å². The molecule has 9 heteroatoms. The summed E-state index contributed by atoms with van der Waals surface area (Å²) < 4.78 is 37.6. The molecular weight excluding hydrogens is 333 g/mol. The lowest BCUT2D eigenvalue weighted by atomic mass is 10.1. The number of alkyl halides is 3. The lowest BCUT2D eigenvalue weighted by Crippen LogP contribution is -2.22. The van der Waals surface area contributed by atoms with Crippen LogP contribution >= 0.6 is 0 Å². The molecule has 130 valence electrons. The van der Waals surface area contributed by atoms with Crippen LogP contribution in [0.5, 0.6) is 0 Å². The van der Waals surface area contributed by atoms with Crippen molar-refractivity contribution >= 4 is 22.7 Å². The van der Waals surface area contributed by atoms with Crippen LogP contribution in [0.1, 0.15) is 0 Å². The molecule has 0 amide bonds. The molecule has 0 aromatic carbocycles. The highest BCUT2D eigenvalue weighted by molar-refractivity contribution is 5.88. The Labute approximate surface area is 141 Å². The number of aromatic nitrogens is 4. The Balaban J connectivity index is 2.03. The van der Waals surface area contributed by atoms with Crippen LogP contribution in [0.15, 0.2) is 36.8 Å². The summed E-state index contributed by atoms with van der Waals surface area (Å²) >= 11 is 0. The van der Waals surface area contributed by atoms with Gasteiger partial charge in [0.2, 0.25) is 0 Å². The first-order valence-corrected chi connectivity index (χ1v) is 7.39. The van der Waals surface area contributed by atoms with Crippen molar-refractivity contribution in [2.24, 2.45) is 0 Å². The topological polar surface area (TPSA) is 66.8 Å². The van der Waals surface area contributed by atoms with Crippen molar-refractivity contribution in [3.8, 4) is 11.3 Å². The predicted octanol–water partition coefficient (Wildman–Crippen LogP) is 3.13. The van der Waals surface area contributed by atoms with Crippen molar-refractivity contribution in [3.63, 3.8) is 0 Å². The molecule has 0 fully saturated rings. The van der Waals surface area contributed by atoms with Gasteiger partial charge in [-0.15, -0.1) is 0 Å². The Bertz CT molecular complexity index is 877. The number of halogens is 3. The summed E-state index contributed by atoms with van der Waals surface area (Å²) in [5.41, 5.74) is 1.88. The zero-order chi connectivity index (χ0) is 18.0. The van der Waals surface area contributed by atoms with Crippen molar-refractivity contribution in [2.45, 2.75) is 6.18 Å². The highest BCUT2D eigenvalue weighted by Gasteiger charge is 2.27. The summed E-state index contributed by atoms with van der Waals surface area (Å²) in [6.07, 6.45) is 0.150. The second-order valence-electron chi connectivity index (χ2n) is 5.55. The van der Waals surface area contributed by atoms with Crippen molar-refractivity contribution in [3.05, 3.63) is 36.8 Å². The van der Waals surface area contributed by atoms with Crippen LogP contribution < -0.4 is 10.2 Å². The van der Waals surface area contributed by atoms with E-state index in [1.165, 1.54) is 12.4 Å². The second-order valence-corrected chi connectivity index (χ2v) is 5.55. The SMILES string of the molecule is CN(C)c1ccc(-c2cc3nccnc3c(NCC(F)(F)F)n2)cn1. The fourth-order valence-corrected chi connectivity index (χ4v) is 2.23.